The fourth-order valence-electron chi connectivity index (χ4n) is 3.44. The van der Waals surface area contributed by atoms with Crippen LogP contribution in [0.15, 0.2) is 12.7 Å². The third kappa shape index (κ3) is 3.49. The summed E-state index contributed by atoms with van der Waals surface area (Å²) in [4.78, 5) is 13.7. The van der Waals surface area contributed by atoms with Crippen LogP contribution in [0.3, 0.4) is 0 Å². The Hall–Kier alpha value is -0.870. The van der Waals surface area contributed by atoms with E-state index in [0.29, 0.717) is 11.8 Å². The molecule has 0 aromatic carbocycles. The second kappa shape index (κ2) is 6.93. The minimum Gasteiger partial charge on any atom is -0.457 e. The summed E-state index contributed by atoms with van der Waals surface area (Å²) in [5, 5.41) is 0. The molecule has 0 amide bonds. The number of rotatable bonds is 6. The summed E-state index contributed by atoms with van der Waals surface area (Å²) in [5.41, 5.74) is -0.487. The molecule has 0 aliphatic carbocycles. The van der Waals surface area contributed by atoms with Gasteiger partial charge in [0.2, 0.25) is 0 Å². The normalized spacial score (nSPS) is 33.0. The first-order valence-corrected chi connectivity index (χ1v) is 7.80. The third-order valence-corrected chi connectivity index (χ3v) is 4.27. The monoisotopic (exact) mass is 297 g/mol. The van der Waals surface area contributed by atoms with Gasteiger partial charge in [0.25, 0.3) is 0 Å². The van der Waals surface area contributed by atoms with Crippen molar-refractivity contribution in [2.24, 2.45) is 11.8 Å². The molecular weight excluding hydrogens is 266 g/mol. The first-order chi connectivity index (χ1) is 9.66. The smallest absolute Gasteiger partial charge is 0.303 e. The molecule has 21 heavy (non-hydrogen) atoms. The number of hydrogen-bond acceptors (Lipinski definition) is 4. The molecule has 0 spiro atoms. The van der Waals surface area contributed by atoms with Crippen molar-refractivity contribution in [1.82, 2.24) is 4.90 Å². The molecule has 4 nitrogen and oxygen atoms in total. The Morgan fingerprint density at radius 2 is 1.95 bits per heavy atom. The average molecular weight is 297 g/mol. The average Bonchev–Trinajstić information content (AvgIpc) is 2.63. The fourth-order valence-corrected chi connectivity index (χ4v) is 3.44. The Morgan fingerprint density at radius 3 is 2.29 bits per heavy atom. The molecule has 0 saturated carbocycles. The second-order valence-corrected chi connectivity index (χ2v) is 6.98. The highest BCUT2D eigenvalue weighted by Crippen LogP contribution is 2.43. The van der Waals surface area contributed by atoms with Crippen LogP contribution in [0.2, 0.25) is 0 Å². The number of hydrogen-bond donors (Lipinski definition) is 0. The van der Waals surface area contributed by atoms with E-state index in [1.165, 1.54) is 6.92 Å². The van der Waals surface area contributed by atoms with Gasteiger partial charge in [-0.25, -0.2) is 0 Å². The van der Waals surface area contributed by atoms with E-state index in [9.17, 15) is 4.79 Å². The van der Waals surface area contributed by atoms with Gasteiger partial charge in [0.05, 0.1) is 12.2 Å². The maximum atomic E-state index is 11.6. The van der Waals surface area contributed by atoms with Gasteiger partial charge >= 0.3 is 5.97 Å². The molecule has 1 heterocycles. The van der Waals surface area contributed by atoms with Crippen molar-refractivity contribution in [2.75, 3.05) is 14.1 Å². The van der Waals surface area contributed by atoms with Crippen LogP contribution in [-0.4, -0.2) is 48.8 Å². The third-order valence-electron chi connectivity index (χ3n) is 4.27. The zero-order valence-corrected chi connectivity index (χ0v) is 14.6. The van der Waals surface area contributed by atoms with E-state index < -0.39 is 5.54 Å². The standard InChI is InChI=1S/C17H31NO3/c1-9-17(18(7)8)15(12(4)5)21-14(10-11(2)3)16(17)20-13(6)19/h9,11-12,14-16H,1,10H2,2-8H3/t14-,15+,16-,17+/m1/s1. The number of esters is 1. The maximum Gasteiger partial charge on any atom is 0.303 e. The molecule has 1 aliphatic rings. The number of ether oxygens (including phenoxy) is 2. The van der Waals surface area contributed by atoms with Crippen molar-refractivity contribution in [2.45, 2.75) is 64.9 Å². The Bertz CT molecular complexity index is 378. The lowest BCUT2D eigenvalue weighted by atomic mass is 9.79. The van der Waals surface area contributed by atoms with E-state index in [-0.39, 0.29) is 24.3 Å². The molecule has 1 aliphatic heterocycles. The summed E-state index contributed by atoms with van der Waals surface area (Å²) in [6.07, 6.45) is 2.30. The SMILES string of the molecule is C=C[C@@]1(N(C)C)[C@H](OC(C)=O)[C@@H](CC(C)C)O[C@H]1C(C)C. The van der Waals surface area contributed by atoms with Crippen LogP contribution in [0.25, 0.3) is 0 Å². The van der Waals surface area contributed by atoms with Gasteiger partial charge in [0, 0.05) is 6.92 Å². The van der Waals surface area contributed by atoms with Crippen LogP contribution in [0, 0.1) is 11.8 Å². The number of carbonyl (C=O) groups excluding carboxylic acids is 1. The highest BCUT2D eigenvalue weighted by atomic mass is 16.6. The van der Waals surface area contributed by atoms with Gasteiger partial charge in [-0.15, -0.1) is 6.58 Å². The van der Waals surface area contributed by atoms with Gasteiger partial charge in [-0.05, 0) is 32.4 Å². The van der Waals surface area contributed by atoms with Crippen molar-refractivity contribution in [3.8, 4) is 0 Å². The highest BCUT2D eigenvalue weighted by molar-refractivity contribution is 5.66. The van der Waals surface area contributed by atoms with Gasteiger partial charge in [-0.2, -0.15) is 0 Å². The molecule has 1 fully saturated rings. The van der Waals surface area contributed by atoms with Crippen LogP contribution in [0.1, 0.15) is 41.0 Å². The van der Waals surface area contributed by atoms with Crippen molar-refractivity contribution >= 4 is 5.97 Å². The first kappa shape index (κ1) is 18.2. The lowest BCUT2D eigenvalue weighted by Crippen LogP contribution is -2.59. The molecule has 0 radical (unpaired) electrons. The Morgan fingerprint density at radius 1 is 1.38 bits per heavy atom. The Labute approximate surface area is 129 Å². The summed E-state index contributed by atoms with van der Waals surface area (Å²) in [7, 11) is 3.99. The Kier molecular flexibility index (Phi) is 6.00. The molecule has 4 heteroatoms. The van der Waals surface area contributed by atoms with Crippen molar-refractivity contribution in [3.63, 3.8) is 0 Å². The van der Waals surface area contributed by atoms with Gasteiger partial charge < -0.3 is 9.47 Å². The predicted molar refractivity (Wildman–Crippen MR) is 85.1 cm³/mol. The molecule has 0 aromatic rings. The van der Waals surface area contributed by atoms with E-state index in [1.54, 1.807) is 0 Å². The first-order valence-electron chi connectivity index (χ1n) is 7.80. The van der Waals surface area contributed by atoms with Crippen molar-refractivity contribution < 1.29 is 14.3 Å². The van der Waals surface area contributed by atoms with E-state index in [4.69, 9.17) is 9.47 Å². The van der Waals surface area contributed by atoms with Crippen LogP contribution >= 0.6 is 0 Å². The molecule has 4 atom stereocenters. The van der Waals surface area contributed by atoms with E-state index in [2.05, 4.69) is 39.2 Å². The zero-order chi connectivity index (χ0) is 16.4. The molecule has 1 rings (SSSR count). The van der Waals surface area contributed by atoms with Gasteiger partial charge in [-0.1, -0.05) is 33.8 Å². The molecule has 0 unspecified atom stereocenters. The molecule has 1 saturated heterocycles. The summed E-state index contributed by atoms with van der Waals surface area (Å²) >= 11 is 0. The maximum absolute atomic E-state index is 11.6. The highest BCUT2D eigenvalue weighted by Gasteiger charge is 2.58. The number of nitrogens with zero attached hydrogens (tertiary/aromatic N) is 1. The molecule has 0 N–H and O–H groups in total. The van der Waals surface area contributed by atoms with Crippen molar-refractivity contribution in [3.05, 3.63) is 12.7 Å². The minimum absolute atomic E-state index is 0.0434. The largest absolute Gasteiger partial charge is 0.457 e. The summed E-state index contributed by atoms with van der Waals surface area (Å²) in [5.74, 6) is 0.513. The predicted octanol–water partition coefficient (Wildman–Crippen LogP) is 2.87. The second-order valence-electron chi connectivity index (χ2n) is 6.98. The minimum atomic E-state index is -0.487. The Balaban J connectivity index is 3.27. The molecule has 0 bridgehead atoms. The summed E-state index contributed by atoms with van der Waals surface area (Å²) in [6, 6.07) is 0. The molecular formula is C17H31NO3. The lowest BCUT2D eigenvalue weighted by molar-refractivity contribution is -0.153. The van der Waals surface area contributed by atoms with Crippen LogP contribution < -0.4 is 0 Å². The quantitative estimate of drug-likeness (QED) is 0.558. The lowest BCUT2D eigenvalue weighted by Gasteiger charge is -2.42. The fraction of sp³-hybridized carbons (Fsp3) is 0.824. The molecule has 0 aromatic heterocycles. The van der Waals surface area contributed by atoms with Crippen LogP contribution in [0.5, 0.6) is 0 Å². The number of likely N-dealkylation sites (N-methyl/N-ethyl adjacent to an activating group) is 1. The van der Waals surface area contributed by atoms with E-state index in [0.717, 1.165) is 6.42 Å². The summed E-state index contributed by atoms with van der Waals surface area (Å²) < 4.78 is 12.0. The van der Waals surface area contributed by atoms with Crippen molar-refractivity contribution in [1.29, 1.82) is 0 Å². The molecule has 122 valence electrons. The van der Waals surface area contributed by atoms with E-state index >= 15 is 0 Å². The van der Waals surface area contributed by atoms with Gasteiger partial charge in [0.15, 0.2) is 6.10 Å². The van der Waals surface area contributed by atoms with Crippen LogP contribution in [0.4, 0.5) is 0 Å². The van der Waals surface area contributed by atoms with E-state index in [1.807, 2.05) is 20.2 Å². The summed E-state index contributed by atoms with van der Waals surface area (Å²) in [6.45, 7) is 14.1. The van der Waals surface area contributed by atoms with Gasteiger partial charge in [-0.3, -0.25) is 9.69 Å². The number of carbonyl (C=O) groups is 1. The topological polar surface area (TPSA) is 38.8 Å². The van der Waals surface area contributed by atoms with Gasteiger partial charge in [0.1, 0.15) is 5.54 Å². The zero-order valence-electron chi connectivity index (χ0n) is 14.6. The van der Waals surface area contributed by atoms with Crippen LogP contribution in [-0.2, 0) is 14.3 Å².